The molecule has 4 aromatic rings. The van der Waals surface area contributed by atoms with E-state index in [0.29, 0.717) is 22.6 Å². The van der Waals surface area contributed by atoms with Crippen LogP contribution in [0, 0.1) is 0 Å². The minimum absolute atomic E-state index is 0.105. The lowest BCUT2D eigenvalue weighted by atomic mass is 10.0. The summed E-state index contributed by atoms with van der Waals surface area (Å²) >= 11 is 0.702. The van der Waals surface area contributed by atoms with Crippen molar-refractivity contribution in [2.45, 2.75) is 14.7 Å². The molecule has 3 amide bonds. The van der Waals surface area contributed by atoms with Gasteiger partial charge in [-0.3, -0.25) is 23.5 Å². The molecule has 0 fully saturated rings. The Morgan fingerprint density at radius 2 is 0.867 bits per heavy atom. The highest BCUT2D eigenvalue weighted by Gasteiger charge is 2.18. The summed E-state index contributed by atoms with van der Waals surface area (Å²) in [5, 5.41) is 19.4. The average molecular weight is 676 g/mol. The highest BCUT2D eigenvalue weighted by Crippen LogP contribution is 2.23. The smallest absolute Gasteiger partial charge is 0.294 e. The van der Waals surface area contributed by atoms with Gasteiger partial charge < -0.3 is 16.0 Å². The van der Waals surface area contributed by atoms with E-state index in [0.717, 1.165) is 24.3 Å². The third-order valence-electron chi connectivity index (χ3n) is 5.81. The molecular formula is C27H21N3O12S3. The number of rotatable bonds is 11. The number of anilines is 3. The second-order valence-corrected chi connectivity index (χ2v) is 12.5. The van der Waals surface area contributed by atoms with Crippen LogP contribution in [0.1, 0.15) is 31.1 Å². The van der Waals surface area contributed by atoms with Crippen molar-refractivity contribution in [2.75, 3.05) is 16.0 Å². The molecule has 0 heterocycles. The van der Waals surface area contributed by atoms with Gasteiger partial charge in [-0.25, -0.2) is 5.26 Å². The van der Waals surface area contributed by atoms with E-state index >= 15 is 0 Å². The first-order valence-electron chi connectivity index (χ1n) is 12.2. The predicted octanol–water partition coefficient (Wildman–Crippen LogP) is 4.37. The van der Waals surface area contributed by atoms with Crippen LogP contribution in [0.2, 0.25) is 0 Å². The van der Waals surface area contributed by atoms with Crippen molar-refractivity contribution in [1.82, 2.24) is 0 Å². The Morgan fingerprint density at radius 3 is 1.16 bits per heavy atom. The van der Waals surface area contributed by atoms with Crippen LogP contribution in [-0.4, -0.2) is 48.9 Å². The van der Waals surface area contributed by atoms with Crippen molar-refractivity contribution in [1.29, 1.82) is 0 Å². The average Bonchev–Trinajstić information content (AvgIpc) is 3.00. The molecule has 45 heavy (non-hydrogen) atoms. The predicted molar refractivity (Wildman–Crippen MR) is 160 cm³/mol. The number of carbonyl (C=O) groups is 3. The Kier molecular flexibility index (Phi) is 10.3. The SMILES string of the molecule is O=C(Nc1ccc(SOOO)cc1)c1cc(C(=O)Nc2ccc(S(=O)(=O)O)cc2)cc(C(=O)Nc2ccc(S(=O)(=O)O)cc2)c1. The van der Waals surface area contributed by atoms with Gasteiger partial charge >= 0.3 is 0 Å². The normalized spacial score (nSPS) is 11.4. The van der Waals surface area contributed by atoms with Gasteiger partial charge in [-0.15, -0.1) is 4.33 Å². The topological polar surface area (TPSA) is 235 Å². The van der Waals surface area contributed by atoms with Gasteiger partial charge in [0.05, 0.1) is 21.8 Å². The summed E-state index contributed by atoms with van der Waals surface area (Å²) in [7, 11) is -8.93. The molecule has 0 spiro atoms. The monoisotopic (exact) mass is 675 g/mol. The molecule has 0 atom stereocenters. The van der Waals surface area contributed by atoms with Crippen LogP contribution in [0.5, 0.6) is 0 Å². The number of hydrogen-bond donors (Lipinski definition) is 6. The van der Waals surface area contributed by atoms with Crippen molar-refractivity contribution < 1.29 is 55.0 Å². The maximum atomic E-state index is 13.2. The summed E-state index contributed by atoms with van der Waals surface area (Å²) in [6, 6.07) is 18.9. The number of nitrogens with one attached hydrogen (secondary N) is 3. The van der Waals surface area contributed by atoms with Crippen molar-refractivity contribution in [2.24, 2.45) is 0 Å². The van der Waals surface area contributed by atoms with Crippen LogP contribution in [0.3, 0.4) is 0 Å². The van der Waals surface area contributed by atoms with E-state index in [1.165, 1.54) is 54.6 Å². The van der Waals surface area contributed by atoms with Gasteiger partial charge in [-0.05, 0) is 91.0 Å². The molecule has 15 nitrogen and oxygen atoms in total. The zero-order valence-electron chi connectivity index (χ0n) is 22.4. The van der Waals surface area contributed by atoms with Gasteiger partial charge in [-0.1, -0.05) is 5.04 Å². The minimum Gasteiger partial charge on any atom is -0.322 e. The Labute approximate surface area is 259 Å². The summed E-state index contributed by atoms with van der Waals surface area (Å²) in [4.78, 5) is 39.2. The first-order chi connectivity index (χ1) is 21.2. The van der Waals surface area contributed by atoms with E-state index in [1.54, 1.807) is 12.1 Å². The molecule has 0 radical (unpaired) electrons. The third-order valence-corrected chi connectivity index (χ3v) is 8.14. The maximum Gasteiger partial charge on any atom is 0.294 e. The molecule has 0 aliphatic rings. The molecule has 0 aliphatic carbocycles. The summed E-state index contributed by atoms with van der Waals surface area (Å²) in [6.07, 6.45) is 0. The standard InChI is InChI=1S/C27H21N3O12S3/c31-25(28-19-1-7-22(8-2-19)43-42-41-34)16-13-17(26(32)29-20-3-9-23(10-4-20)44(35,36)37)15-18(14-16)27(33)30-21-5-11-24(12-6-21)45(38,39)40/h1-15,34H,(H,28,31)(H,29,32)(H,30,33)(H,35,36,37)(H,38,39,40). The molecule has 234 valence electrons. The summed E-state index contributed by atoms with van der Waals surface area (Å²) < 4.78 is 67.9. The van der Waals surface area contributed by atoms with Crippen molar-refractivity contribution >= 4 is 67.1 Å². The van der Waals surface area contributed by atoms with E-state index in [2.05, 4.69) is 25.3 Å². The van der Waals surface area contributed by atoms with Gasteiger partial charge in [0.15, 0.2) is 0 Å². The molecule has 0 saturated heterocycles. The molecule has 0 aromatic heterocycles. The van der Waals surface area contributed by atoms with E-state index in [-0.39, 0.29) is 28.1 Å². The summed E-state index contributed by atoms with van der Waals surface area (Å²) in [5.41, 5.74) is 0.226. The number of carbonyl (C=O) groups excluding carboxylic acids is 3. The Morgan fingerprint density at radius 1 is 0.556 bits per heavy atom. The summed E-state index contributed by atoms with van der Waals surface area (Å²) in [5.74, 6) is -2.25. The van der Waals surface area contributed by atoms with Crippen molar-refractivity contribution in [3.05, 3.63) is 108 Å². The van der Waals surface area contributed by atoms with E-state index in [9.17, 15) is 31.2 Å². The Balaban J connectivity index is 1.62. The van der Waals surface area contributed by atoms with Crippen LogP contribution in [0.25, 0.3) is 0 Å². The van der Waals surface area contributed by atoms with Crippen LogP contribution < -0.4 is 16.0 Å². The summed E-state index contributed by atoms with van der Waals surface area (Å²) in [6.45, 7) is 0. The fourth-order valence-electron chi connectivity index (χ4n) is 3.70. The molecule has 18 heteroatoms. The van der Waals surface area contributed by atoms with Gasteiger partial charge in [0.2, 0.25) is 0 Å². The van der Waals surface area contributed by atoms with Crippen LogP contribution in [0.15, 0.2) is 106 Å². The number of amides is 3. The lowest BCUT2D eigenvalue weighted by molar-refractivity contribution is -0.432. The Bertz CT molecular complexity index is 1840. The van der Waals surface area contributed by atoms with Crippen molar-refractivity contribution in [3.8, 4) is 0 Å². The van der Waals surface area contributed by atoms with Gasteiger partial charge in [0.25, 0.3) is 38.0 Å². The molecule has 0 saturated carbocycles. The van der Waals surface area contributed by atoms with E-state index in [4.69, 9.17) is 14.4 Å². The van der Waals surface area contributed by atoms with Crippen molar-refractivity contribution in [3.63, 3.8) is 0 Å². The number of hydrogen-bond acceptors (Lipinski definition) is 11. The fraction of sp³-hybridized carbons (Fsp3) is 0. The third kappa shape index (κ3) is 9.17. The van der Waals surface area contributed by atoms with Crippen LogP contribution in [0.4, 0.5) is 17.1 Å². The molecular weight excluding hydrogens is 655 g/mol. The molecule has 6 N–H and O–H groups in total. The second-order valence-electron chi connectivity index (χ2n) is 8.91. The van der Waals surface area contributed by atoms with E-state index < -0.39 is 47.7 Å². The van der Waals surface area contributed by atoms with E-state index in [1.807, 2.05) is 0 Å². The highest BCUT2D eigenvalue weighted by atomic mass is 32.2. The molecule has 4 rings (SSSR count). The fourth-order valence-corrected chi connectivity index (χ4v) is 5.02. The molecule has 0 bridgehead atoms. The van der Waals surface area contributed by atoms with Gasteiger partial charge in [-0.2, -0.15) is 16.8 Å². The minimum atomic E-state index is -4.47. The highest BCUT2D eigenvalue weighted by molar-refractivity contribution is 7.94. The molecule has 0 aliphatic heterocycles. The van der Waals surface area contributed by atoms with Gasteiger partial charge in [0.1, 0.15) is 0 Å². The van der Waals surface area contributed by atoms with Crippen LogP contribution in [-0.2, 0) is 29.6 Å². The first-order valence-corrected chi connectivity index (χ1v) is 15.8. The quantitative estimate of drug-likeness (QED) is 0.0562. The Hall–Kier alpha value is -4.66. The zero-order chi connectivity index (χ0) is 32.8. The van der Waals surface area contributed by atoms with Gasteiger partial charge in [0, 0.05) is 38.6 Å². The molecule has 4 aromatic carbocycles. The zero-order valence-corrected chi connectivity index (χ0v) is 24.9. The number of benzene rings is 4. The van der Waals surface area contributed by atoms with Crippen LogP contribution >= 0.6 is 12.0 Å². The maximum absolute atomic E-state index is 13.2. The second kappa shape index (κ2) is 14.0. The lowest BCUT2D eigenvalue weighted by Gasteiger charge is -2.12. The lowest BCUT2D eigenvalue weighted by Crippen LogP contribution is -2.19. The molecule has 0 unspecified atom stereocenters. The largest absolute Gasteiger partial charge is 0.322 e. The first kappa shape index (κ1) is 33.2.